The fourth-order valence-electron chi connectivity index (χ4n) is 1.75. The van der Waals surface area contributed by atoms with E-state index >= 15 is 0 Å². The molecule has 0 saturated carbocycles. The second-order valence-corrected chi connectivity index (χ2v) is 3.78. The molecule has 1 heterocycles. The molecule has 0 fully saturated rings. The molecular formula is C14H11F2NO3. The van der Waals surface area contributed by atoms with Crippen LogP contribution in [0, 0.1) is 0 Å². The highest BCUT2D eigenvalue weighted by Crippen LogP contribution is 2.31. The minimum Gasteiger partial charge on any atom is -0.496 e. The quantitative estimate of drug-likeness (QED) is 0.790. The topological polar surface area (TPSA) is 48.4 Å². The average Bonchev–Trinajstić information content (AvgIpc) is 2.46. The van der Waals surface area contributed by atoms with E-state index in [4.69, 9.17) is 4.74 Å². The van der Waals surface area contributed by atoms with Crippen molar-refractivity contribution in [3.8, 4) is 11.5 Å². The lowest BCUT2D eigenvalue weighted by molar-refractivity contribution is -0.0502. The summed E-state index contributed by atoms with van der Waals surface area (Å²) < 4.78 is 34.3. The van der Waals surface area contributed by atoms with Gasteiger partial charge in [0.1, 0.15) is 17.1 Å². The Morgan fingerprint density at radius 1 is 1.15 bits per heavy atom. The highest BCUT2D eigenvalue weighted by Gasteiger charge is 2.21. The number of halogens is 2. The van der Waals surface area contributed by atoms with Crippen LogP contribution in [0.4, 0.5) is 8.78 Å². The second-order valence-electron chi connectivity index (χ2n) is 3.78. The number of ether oxygens (including phenoxy) is 2. The zero-order valence-electron chi connectivity index (χ0n) is 10.5. The fourth-order valence-corrected chi connectivity index (χ4v) is 1.75. The number of pyridine rings is 1. The van der Waals surface area contributed by atoms with Crippen molar-refractivity contribution in [2.24, 2.45) is 0 Å². The first kappa shape index (κ1) is 13.9. The van der Waals surface area contributed by atoms with Crippen LogP contribution in [0.2, 0.25) is 0 Å². The van der Waals surface area contributed by atoms with E-state index in [1.54, 1.807) is 0 Å². The van der Waals surface area contributed by atoms with E-state index in [9.17, 15) is 13.6 Å². The molecule has 0 N–H and O–H groups in total. The molecule has 4 nitrogen and oxygen atoms in total. The predicted octanol–water partition coefficient (Wildman–Crippen LogP) is 2.92. The molecule has 1 aromatic carbocycles. The molecule has 0 amide bonds. The third kappa shape index (κ3) is 2.90. The van der Waals surface area contributed by atoms with Crippen LogP contribution in [0.15, 0.2) is 42.7 Å². The molecule has 20 heavy (non-hydrogen) atoms. The Kier molecular flexibility index (Phi) is 4.24. The van der Waals surface area contributed by atoms with Crippen molar-refractivity contribution in [2.45, 2.75) is 6.61 Å². The Morgan fingerprint density at radius 2 is 1.80 bits per heavy atom. The maximum absolute atomic E-state index is 12.4. The number of hydrogen-bond donors (Lipinski definition) is 0. The largest absolute Gasteiger partial charge is 0.496 e. The van der Waals surface area contributed by atoms with Crippen molar-refractivity contribution in [1.82, 2.24) is 4.98 Å². The van der Waals surface area contributed by atoms with E-state index in [0.29, 0.717) is 5.56 Å². The fraction of sp³-hybridized carbons (Fsp3) is 0.143. The van der Waals surface area contributed by atoms with Gasteiger partial charge < -0.3 is 9.47 Å². The molecule has 0 aliphatic carbocycles. The van der Waals surface area contributed by atoms with E-state index in [1.807, 2.05) is 0 Å². The lowest BCUT2D eigenvalue weighted by Gasteiger charge is -2.13. The first-order chi connectivity index (χ1) is 9.63. The van der Waals surface area contributed by atoms with Gasteiger partial charge in [0.05, 0.1) is 7.11 Å². The van der Waals surface area contributed by atoms with Gasteiger partial charge >= 0.3 is 6.61 Å². The summed E-state index contributed by atoms with van der Waals surface area (Å²) in [4.78, 5) is 16.2. The Balaban J connectivity index is 2.50. The van der Waals surface area contributed by atoms with Gasteiger partial charge in [-0.2, -0.15) is 8.78 Å². The number of carbonyl (C=O) groups is 1. The maximum atomic E-state index is 12.4. The van der Waals surface area contributed by atoms with Gasteiger partial charge in [-0.15, -0.1) is 0 Å². The molecule has 0 radical (unpaired) electrons. The van der Waals surface area contributed by atoms with Crippen LogP contribution >= 0.6 is 0 Å². The van der Waals surface area contributed by atoms with Crippen molar-refractivity contribution in [3.05, 3.63) is 53.9 Å². The summed E-state index contributed by atoms with van der Waals surface area (Å²) in [6, 6.07) is 7.25. The molecule has 0 spiro atoms. The number of nitrogens with zero attached hydrogens (tertiary/aromatic N) is 1. The minimum atomic E-state index is -3.02. The Labute approximate surface area is 114 Å². The molecule has 0 aliphatic heterocycles. The van der Waals surface area contributed by atoms with Crippen LogP contribution in [-0.2, 0) is 0 Å². The normalized spacial score (nSPS) is 10.4. The number of methoxy groups -OCH3 is 1. The number of ketones is 1. The van der Waals surface area contributed by atoms with Gasteiger partial charge in [0.2, 0.25) is 5.78 Å². The summed E-state index contributed by atoms with van der Waals surface area (Å²) in [5.74, 6) is -0.522. The first-order valence-electron chi connectivity index (χ1n) is 5.70. The van der Waals surface area contributed by atoms with Gasteiger partial charge in [-0.3, -0.25) is 9.78 Å². The van der Waals surface area contributed by atoms with E-state index < -0.39 is 12.4 Å². The van der Waals surface area contributed by atoms with Gasteiger partial charge in [-0.1, -0.05) is 6.07 Å². The number of hydrogen-bond acceptors (Lipinski definition) is 4. The van der Waals surface area contributed by atoms with Crippen LogP contribution < -0.4 is 9.47 Å². The molecule has 0 unspecified atom stereocenters. The lowest BCUT2D eigenvalue weighted by Crippen LogP contribution is -2.10. The summed E-state index contributed by atoms with van der Waals surface area (Å²) >= 11 is 0. The number of benzene rings is 1. The van der Waals surface area contributed by atoms with Crippen LogP contribution in [0.5, 0.6) is 11.5 Å². The Morgan fingerprint density at radius 3 is 2.40 bits per heavy atom. The van der Waals surface area contributed by atoms with E-state index in [0.717, 1.165) is 0 Å². The maximum Gasteiger partial charge on any atom is 0.387 e. The number of rotatable bonds is 5. The molecule has 0 bridgehead atoms. The predicted molar refractivity (Wildman–Crippen MR) is 67.3 cm³/mol. The van der Waals surface area contributed by atoms with Gasteiger partial charge in [0.25, 0.3) is 0 Å². The minimum absolute atomic E-state index is 0.0403. The Bertz CT molecular complexity index is 603. The van der Waals surface area contributed by atoms with Gasteiger partial charge in [0, 0.05) is 18.0 Å². The van der Waals surface area contributed by atoms with E-state index in [1.165, 1.54) is 49.8 Å². The van der Waals surface area contributed by atoms with Crippen molar-refractivity contribution in [3.63, 3.8) is 0 Å². The number of alkyl halides is 2. The van der Waals surface area contributed by atoms with E-state index in [2.05, 4.69) is 9.72 Å². The van der Waals surface area contributed by atoms with Gasteiger partial charge in [-0.05, 0) is 24.3 Å². The SMILES string of the molecule is COc1cccc(OC(F)F)c1C(=O)c1ccncc1. The monoisotopic (exact) mass is 279 g/mol. The zero-order chi connectivity index (χ0) is 14.5. The van der Waals surface area contributed by atoms with Crippen LogP contribution in [0.3, 0.4) is 0 Å². The summed E-state index contributed by atoms with van der Waals surface area (Å²) in [7, 11) is 1.35. The second kappa shape index (κ2) is 6.10. The summed E-state index contributed by atoms with van der Waals surface area (Å²) in [5.41, 5.74) is 0.269. The number of aromatic nitrogens is 1. The van der Waals surface area contributed by atoms with Crippen LogP contribution in [0.1, 0.15) is 15.9 Å². The highest BCUT2D eigenvalue weighted by atomic mass is 19.3. The molecule has 1 aromatic heterocycles. The first-order valence-corrected chi connectivity index (χ1v) is 5.70. The lowest BCUT2D eigenvalue weighted by atomic mass is 10.0. The third-order valence-electron chi connectivity index (χ3n) is 2.59. The molecule has 2 rings (SSSR count). The Hall–Kier alpha value is -2.50. The molecule has 0 atom stereocenters. The number of carbonyl (C=O) groups excluding carboxylic acids is 1. The van der Waals surface area contributed by atoms with Crippen LogP contribution in [0.25, 0.3) is 0 Å². The van der Waals surface area contributed by atoms with Crippen molar-refractivity contribution in [1.29, 1.82) is 0 Å². The molecule has 0 aliphatic rings. The molecule has 0 saturated heterocycles. The summed E-state index contributed by atoms with van der Waals surface area (Å²) in [6.07, 6.45) is 2.88. The molecule has 2 aromatic rings. The summed E-state index contributed by atoms with van der Waals surface area (Å²) in [5, 5.41) is 0. The van der Waals surface area contributed by atoms with Crippen LogP contribution in [-0.4, -0.2) is 24.5 Å². The molecular weight excluding hydrogens is 268 g/mol. The molecule has 104 valence electrons. The third-order valence-corrected chi connectivity index (χ3v) is 2.59. The van der Waals surface area contributed by atoms with Gasteiger partial charge in [0.15, 0.2) is 0 Å². The van der Waals surface area contributed by atoms with Crippen molar-refractivity contribution >= 4 is 5.78 Å². The van der Waals surface area contributed by atoms with E-state index in [-0.39, 0.29) is 17.1 Å². The average molecular weight is 279 g/mol. The standard InChI is InChI=1S/C14H11F2NO3/c1-19-10-3-2-4-11(20-14(15)16)12(10)13(18)9-5-7-17-8-6-9/h2-8,14H,1H3. The van der Waals surface area contributed by atoms with Crippen molar-refractivity contribution < 1.29 is 23.0 Å². The molecule has 6 heteroatoms. The van der Waals surface area contributed by atoms with Crippen molar-refractivity contribution in [2.75, 3.05) is 7.11 Å². The highest BCUT2D eigenvalue weighted by molar-refractivity contribution is 6.12. The zero-order valence-corrected chi connectivity index (χ0v) is 10.5. The van der Waals surface area contributed by atoms with Gasteiger partial charge in [-0.25, -0.2) is 0 Å². The smallest absolute Gasteiger partial charge is 0.387 e. The summed E-state index contributed by atoms with van der Waals surface area (Å²) in [6.45, 7) is -3.02.